The lowest BCUT2D eigenvalue weighted by molar-refractivity contribution is -0.407. The van der Waals surface area contributed by atoms with Gasteiger partial charge in [0.2, 0.25) is 0 Å². The normalized spacial score (nSPS) is 16.7. The van der Waals surface area contributed by atoms with Crippen molar-refractivity contribution < 1.29 is 50.8 Å². The number of alkyl halides is 7. The standard InChI is InChI=1S/C12H17F6IO5/c1-4-6(19)8(21)23-5-7(20)24-9(2,3)10(22,11(13,14)15)12(16,17)18/h6,8,21-22H,4-5H2,1-3H3. The zero-order chi connectivity index (χ0) is 19.6. The molecule has 12 heteroatoms. The van der Waals surface area contributed by atoms with E-state index in [1.54, 1.807) is 29.5 Å². The Morgan fingerprint density at radius 3 is 1.88 bits per heavy atom. The fourth-order valence-corrected chi connectivity index (χ4v) is 1.90. The van der Waals surface area contributed by atoms with Crippen LogP contribution in [-0.2, 0) is 14.3 Å². The zero-order valence-electron chi connectivity index (χ0n) is 12.8. The molecule has 0 bridgehead atoms. The highest BCUT2D eigenvalue weighted by Gasteiger charge is 2.78. The van der Waals surface area contributed by atoms with Crippen LogP contribution in [0.3, 0.4) is 0 Å². The summed E-state index contributed by atoms with van der Waals surface area (Å²) in [6.07, 6.45) is -13.3. The molecule has 0 fully saturated rings. The van der Waals surface area contributed by atoms with Crippen LogP contribution in [0, 0.1) is 0 Å². The summed E-state index contributed by atoms with van der Waals surface area (Å²) in [6, 6.07) is 0. The molecule has 0 aliphatic heterocycles. The first-order valence-corrected chi connectivity index (χ1v) is 7.77. The number of ether oxygens (including phenoxy) is 2. The minimum atomic E-state index is -6.15. The highest BCUT2D eigenvalue weighted by molar-refractivity contribution is 14.1. The third-order valence-corrected chi connectivity index (χ3v) is 4.63. The van der Waals surface area contributed by atoms with Crippen LogP contribution in [0.1, 0.15) is 27.2 Å². The van der Waals surface area contributed by atoms with Crippen molar-refractivity contribution in [2.45, 2.75) is 61.0 Å². The first-order valence-electron chi connectivity index (χ1n) is 6.52. The molecule has 0 heterocycles. The fourth-order valence-electron chi connectivity index (χ4n) is 1.69. The monoisotopic (exact) mass is 482 g/mol. The summed E-state index contributed by atoms with van der Waals surface area (Å²) < 4.78 is 85.0. The van der Waals surface area contributed by atoms with Gasteiger partial charge >= 0.3 is 18.3 Å². The molecule has 2 unspecified atom stereocenters. The molecule has 0 saturated heterocycles. The first kappa shape index (κ1) is 23.7. The Morgan fingerprint density at radius 2 is 1.54 bits per heavy atom. The van der Waals surface area contributed by atoms with Gasteiger partial charge in [0.15, 0.2) is 11.9 Å². The smallest absolute Gasteiger partial charge is 0.430 e. The highest BCUT2D eigenvalue weighted by atomic mass is 127. The van der Waals surface area contributed by atoms with Crippen molar-refractivity contribution in [2.24, 2.45) is 0 Å². The van der Waals surface area contributed by atoms with E-state index < -0.39 is 46.3 Å². The lowest BCUT2D eigenvalue weighted by Gasteiger charge is -2.43. The average molecular weight is 482 g/mol. The molecule has 24 heavy (non-hydrogen) atoms. The summed E-state index contributed by atoms with van der Waals surface area (Å²) in [4.78, 5) is 11.5. The van der Waals surface area contributed by atoms with Gasteiger partial charge in [-0.3, -0.25) is 0 Å². The molecule has 0 rings (SSSR count). The number of aliphatic hydroxyl groups is 2. The molecular formula is C12H17F6IO5. The van der Waals surface area contributed by atoms with Gasteiger partial charge < -0.3 is 19.7 Å². The molecule has 0 aliphatic carbocycles. The molecule has 0 amide bonds. The van der Waals surface area contributed by atoms with Gasteiger partial charge in [-0.1, -0.05) is 29.5 Å². The zero-order valence-corrected chi connectivity index (χ0v) is 15.0. The molecule has 0 aromatic rings. The number of rotatable bonds is 7. The molecule has 0 radical (unpaired) electrons. The average Bonchev–Trinajstić information content (AvgIpc) is 2.39. The molecular weight excluding hydrogens is 465 g/mol. The van der Waals surface area contributed by atoms with Crippen LogP contribution in [0.5, 0.6) is 0 Å². The number of carbonyl (C=O) groups excluding carboxylic acids is 1. The molecule has 0 aromatic heterocycles. The lowest BCUT2D eigenvalue weighted by atomic mass is 9.84. The third kappa shape index (κ3) is 5.08. The van der Waals surface area contributed by atoms with Gasteiger partial charge in [0, 0.05) is 0 Å². The number of esters is 1. The van der Waals surface area contributed by atoms with E-state index in [1.165, 1.54) is 0 Å². The van der Waals surface area contributed by atoms with Gasteiger partial charge in [0.05, 0.1) is 3.92 Å². The molecule has 0 saturated carbocycles. The summed E-state index contributed by atoms with van der Waals surface area (Å²) in [5.74, 6) is -1.61. The van der Waals surface area contributed by atoms with Crippen LogP contribution in [0.25, 0.3) is 0 Å². The van der Waals surface area contributed by atoms with Crippen LogP contribution in [0.2, 0.25) is 0 Å². The quantitative estimate of drug-likeness (QED) is 0.192. The summed E-state index contributed by atoms with van der Waals surface area (Å²) >= 11 is 1.78. The largest absolute Gasteiger partial charge is 0.454 e. The Labute approximate surface area is 147 Å². The van der Waals surface area contributed by atoms with E-state index in [0.29, 0.717) is 6.42 Å². The second-order valence-corrected chi connectivity index (χ2v) is 6.92. The number of aliphatic hydroxyl groups excluding tert-OH is 1. The van der Waals surface area contributed by atoms with E-state index >= 15 is 0 Å². The van der Waals surface area contributed by atoms with Crippen LogP contribution in [0.4, 0.5) is 26.3 Å². The van der Waals surface area contributed by atoms with Crippen molar-refractivity contribution in [1.29, 1.82) is 0 Å². The lowest BCUT2D eigenvalue weighted by Crippen LogP contribution is -2.70. The van der Waals surface area contributed by atoms with Crippen LogP contribution < -0.4 is 0 Å². The number of carbonyl (C=O) groups is 1. The number of hydrogen-bond acceptors (Lipinski definition) is 5. The Bertz CT molecular complexity index is 423. The Kier molecular flexibility index (Phi) is 7.80. The van der Waals surface area contributed by atoms with Crippen LogP contribution >= 0.6 is 22.6 Å². The van der Waals surface area contributed by atoms with E-state index in [0.717, 1.165) is 0 Å². The van der Waals surface area contributed by atoms with E-state index in [-0.39, 0.29) is 13.8 Å². The summed E-state index contributed by atoms with van der Waals surface area (Å²) in [7, 11) is 0. The van der Waals surface area contributed by atoms with E-state index in [2.05, 4.69) is 9.47 Å². The Hall–Kier alpha value is -0.340. The molecule has 2 atom stereocenters. The predicted molar refractivity (Wildman–Crippen MR) is 77.3 cm³/mol. The van der Waals surface area contributed by atoms with Crippen LogP contribution in [0.15, 0.2) is 0 Å². The topological polar surface area (TPSA) is 76.0 Å². The summed E-state index contributed by atoms with van der Waals surface area (Å²) in [5.41, 5.74) is -8.67. The maximum atomic E-state index is 12.8. The summed E-state index contributed by atoms with van der Waals surface area (Å²) in [5, 5.41) is 18.7. The second kappa shape index (κ2) is 7.91. The van der Waals surface area contributed by atoms with Crippen molar-refractivity contribution in [3.8, 4) is 0 Å². The van der Waals surface area contributed by atoms with Gasteiger partial charge in [0.25, 0.3) is 5.60 Å². The maximum Gasteiger partial charge on any atom is 0.430 e. The number of halogens is 7. The number of hydrogen-bond donors (Lipinski definition) is 2. The highest BCUT2D eigenvalue weighted by Crippen LogP contribution is 2.50. The third-order valence-electron chi connectivity index (χ3n) is 3.13. The van der Waals surface area contributed by atoms with Crippen molar-refractivity contribution in [3.63, 3.8) is 0 Å². The van der Waals surface area contributed by atoms with Gasteiger partial charge in [-0.15, -0.1) is 0 Å². The van der Waals surface area contributed by atoms with Crippen molar-refractivity contribution in [1.82, 2.24) is 0 Å². The minimum Gasteiger partial charge on any atom is -0.454 e. The van der Waals surface area contributed by atoms with E-state index in [9.17, 15) is 41.4 Å². The summed E-state index contributed by atoms with van der Waals surface area (Å²) in [6.45, 7) is 1.14. The van der Waals surface area contributed by atoms with Crippen molar-refractivity contribution >= 4 is 28.6 Å². The molecule has 144 valence electrons. The second-order valence-electron chi connectivity index (χ2n) is 5.32. The Morgan fingerprint density at radius 1 is 1.12 bits per heavy atom. The van der Waals surface area contributed by atoms with Gasteiger partial charge in [-0.05, 0) is 20.3 Å². The van der Waals surface area contributed by atoms with E-state index in [1.807, 2.05) is 0 Å². The SMILES string of the molecule is CCC(I)C(O)OCC(=O)OC(C)(C)C(O)(C(F)(F)F)C(F)(F)F. The van der Waals surface area contributed by atoms with Crippen LogP contribution in [-0.4, -0.2) is 56.6 Å². The maximum absolute atomic E-state index is 12.8. The van der Waals surface area contributed by atoms with E-state index in [4.69, 9.17) is 0 Å². The molecule has 2 N–H and O–H groups in total. The molecule has 0 spiro atoms. The molecule has 0 aliphatic rings. The molecule has 0 aromatic carbocycles. The van der Waals surface area contributed by atoms with Crippen molar-refractivity contribution in [3.05, 3.63) is 0 Å². The van der Waals surface area contributed by atoms with Gasteiger partial charge in [-0.25, -0.2) is 4.79 Å². The minimum absolute atomic E-state index is 0.273. The first-order chi connectivity index (χ1) is 10.5. The Balaban J connectivity index is 5.20. The fraction of sp³-hybridized carbons (Fsp3) is 0.917. The van der Waals surface area contributed by atoms with Crippen molar-refractivity contribution in [2.75, 3.05) is 6.61 Å². The van der Waals surface area contributed by atoms with Gasteiger partial charge in [-0.2, -0.15) is 26.3 Å². The predicted octanol–water partition coefficient (Wildman–Crippen LogP) is 2.71. The van der Waals surface area contributed by atoms with Gasteiger partial charge in [0.1, 0.15) is 6.61 Å². The molecule has 5 nitrogen and oxygen atoms in total.